The van der Waals surface area contributed by atoms with Crippen molar-refractivity contribution in [3.8, 4) is 11.3 Å². The van der Waals surface area contributed by atoms with Crippen molar-refractivity contribution >= 4 is 17.6 Å². The number of hydrogen-bond donors (Lipinski definition) is 1. The molecule has 2 aromatic rings. The first-order valence-corrected chi connectivity index (χ1v) is 7.14. The largest absolute Gasteiger partial charge is 0.477 e. The van der Waals surface area contributed by atoms with Gasteiger partial charge in [0.25, 0.3) is 0 Å². The van der Waals surface area contributed by atoms with Crippen molar-refractivity contribution < 1.29 is 18.8 Å². The molecule has 21 heavy (non-hydrogen) atoms. The number of aromatic carboxylic acids is 1. The van der Waals surface area contributed by atoms with Crippen LogP contribution in [0.25, 0.3) is 11.3 Å². The number of carboxylic acid groups (broad SMARTS) is 1. The van der Waals surface area contributed by atoms with Gasteiger partial charge in [0.1, 0.15) is 11.3 Å². The van der Waals surface area contributed by atoms with E-state index in [0.717, 1.165) is 25.7 Å². The summed E-state index contributed by atoms with van der Waals surface area (Å²) in [5, 5.41) is 13.2. The summed E-state index contributed by atoms with van der Waals surface area (Å²) in [6.45, 7) is 0. The molecule has 4 nitrogen and oxygen atoms in total. The maximum atomic E-state index is 14.1. The van der Waals surface area contributed by atoms with E-state index in [1.54, 1.807) is 6.07 Å². The standard InChI is InChI=1S/C15H13ClFNO3/c16-10-7-3-6-9(12(10)17)13-11(15(19)20)14(21-18-13)8-4-1-2-5-8/h3,6-8H,1-2,4-5H2,(H,19,20). The highest BCUT2D eigenvalue weighted by molar-refractivity contribution is 6.31. The van der Waals surface area contributed by atoms with Gasteiger partial charge in [-0.15, -0.1) is 0 Å². The number of nitrogens with zero attached hydrogens (tertiary/aromatic N) is 1. The second-order valence-electron chi connectivity index (χ2n) is 5.16. The third-order valence-electron chi connectivity index (χ3n) is 3.87. The lowest BCUT2D eigenvalue weighted by Gasteiger charge is -2.06. The van der Waals surface area contributed by atoms with Crippen LogP contribution in [0, 0.1) is 5.82 Å². The molecule has 1 aromatic heterocycles. The molecule has 1 aromatic carbocycles. The van der Waals surface area contributed by atoms with E-state index in [2.05, 4.69) is 5.16 Å². The Labute approximate surface area is 125 Å². The van der Waals surface area contributed by atoms with E-state index in [0.29, 0.717) is 5.76 Å². The molecule has 1 aliphatic carbocycles. The van der Waals surface area contributed by atoms with E-state index >= 15 is 0 Å². The quantitative estimate of drug-likeness (QED) is 0.907. The van der Waals surface area contributed by atoms with Gasteiger partial charge in [0.05, 0.1) is 5.02 Å². The van der Waals surface area contributed by atoms with Gasteiger partial charge in [-0.05, 0) is 25.0 Å². The Balaban J connectivity index is 2.15. The minimum absolute atomic E-state index is 0.00407. The van der Waals surface area contributed by atoms with Crippen LogP contribution in [0.2, 0.25) is 5.02 Å². The maximum Gasteiger partial charge on any atom is 0.341 e. The second-order valence-corrected chi connectivity index (χ2v) is 5.57. The molecule has 0 saturated heterocycles. The molecular formula is C15H13ClFNO3. The van der Waals surface area contributed by atoms with Crippen LogP contribution in [0.4, 0.5) is 4.39 Å². The minimum atomic E-state index is -1.16. The van der Waals surface area contributed by atoms with Gasteiger partial charge in [-0.1, -0.05) is 35.7 Å². The van der Waals surface area contributed by atoms with Crippen LogP contribution >= 0.6 is 11.6 Å². The Morgan fingerprint density at radius 1 is 1.38 bits per heavy atom. The summed E-state index contributed by atoms with van der Waals surface area (Å²) in [6, 6.07) is 4.40. The summed E-state index contributed by atoms with van der Waals surface area (Å²) >= 11 is 5.75. The van der Waals surface area contributed by atoms with Gasteiger partial charge >= 0.3 is 5.97 Å². The topological polar surface area (TPSA) is 63.3 Å². The van der Waals surface area contributed by atoms with Gasteiger partial charge in [-0.2, -0.15) is 0 Å². The molecule has 0 amide bonds. The van der Waals surface area contributed by atoms with Crippen LogP contribution in [-0.4, -0.2) is 16.2 Å². The third-order valence-corrected chi connectivity index (χ3v) is 4.16. The SMILES string of the molecule is O=C(O)c1c(-c2cccc(Cl)c2F)noc1C1CCCC1. The van der Waals surface area contributed by atoms with Crippen LogP contribution in [-0.2, 0) is 0 Å². The highest BCUT2D eigenvalue weighted by Gasteiger charge is 2.31. The normalized spacial score (nSPS) is 15.5. The fraction of sp³-hybridized carbons (Fsp3) is 0.333. The molecule has 0 radical (unpaired) electrons. The lowest BCUT2D eigenvalue weighted by molar-refractivity contribution is 0.0694. The van der Waals surface area contributed by atoms with E-state index in [-0.39, 0.29) is 27.8 Å². The monoisotopic (exact) mass is 309 g/mol. The number of carbonyl (C=O) groups is 1. The number of benzene rings is 1. The highest BCUT2D eigenvalue weighted by Crippen LogP contribution is 2.39. The molecule has 1 saturated carbocycles. The molecule has 0 unspecified atom stereocenters. The smallest absolute Gasteiger partial charge is 0.341 e. The Bertz CT molecular complexity index is 692. The summed E-state index contributed by atoms with van der Waals surface area (Å²) < 4.78 is 19.4. The van der Waals surface area contributed by atoms with Crippen molar-refractivity contribution in [3.63, 3.8) is 0 Å². The van der Waals surface area contributed by atoms with Crippen LogP contribution in [0.1, 0.15) is 47.7 Å². The number of aromatic nitrogens is 1. The van der Waals surface area contributed by atoms with Gasteiger partial charge in [-0.25, -0.2) is 9.18 Å². The first-order chi connectivity index (χ1) is 10.1. The summed E-state index contributed by atoms with van der Waals surface area (Å²) in [6.07, 6.45) is 3.80. The third kappa shape index (κ3) is 2.42. The van der Waals surface area contributed by atoms with Crippen molar-refractivity contribution in [2.45, 2.75) is 31.6 Å². The maximum absolute atomic E-state index is 14.1. The number of carboxylic acids is 1. The average molecular weight is 310 g/mol. The van der Waals surface area contributed by atoms with Crippen LogP contribution in [0.5, 0.6) is 0 Å². The molecule has 110 valence electrons. The molecule has 1 N–H and O–H groups in total. The second kappa shape index (κ2) is 5.48. The molecule has 0 aliphatic heterocycles. The molecule has 1 aliphatic rings. The van der Waals surface area contributed by atoms with E-state index in [1.807, 2.05) is 0 Å². The fourth-order valence-electron chi connectivity index (χ4n) is 2.85. The van der Waals surface area contributed by atoms with Crippen LogP contribution < -0.4 is 0 Å². The highest BCUT2D eigenvalue weighted by atomic mass is 35.5. The number of halogens is 2. The molecule has 3 rings (SSSR count). The Kier molecular flexibility index (Phi) is 3.68. The number of rotatable bonds is 3. The summed E-state index contributed by atoms with van der Waals surface area (Å²) in [4.78, 5) is 11.6. The molecule has 1 fully saturated rings. The van der Waals surface area contributed by atoms with Crippen LogP contribution in [0.3, 0.4) is 0 Å². The molecular weight excluding hydrogens is 297 g/mol. The van der Waals surface area contributed by atoms with E-state index in [4.69, 9.17) is 16.1 Å². The summed E-state index contributed by atoms with van der Waals surface area (Å²) in [5.74, 6) is -1.46. The lowest BCUT2D eigenvalue weighted by atomic mass is 9.97. The van der Waals surface area contributed by atoms with Gasteiger partial charge in [0.15, 0.2) is 11.6 Å². The molecule has 0 bridgehead atoms. The van der Waals surface area contributed by atoms with Crippen molar-refractivity contribution in [3.05, 3.63) is 40.4 Å². The zero-order valence-electron chi connectivity index (χ0n) is 11.1. The van der Waals surface area contributed by atoms with Crippen molar-refractivity contribution in [2.24, 2.45) is 0 Å². The van der Waals surface area contributed by atoms with Gasteiger partial charge in [0.2, 0.25) is 0 Å². The fourth-order valence-corrected chi connectivity index (χ4v) is 3.02. The Morgan fingerprint density at radius 3 is 2.76 bits per heavy atom. The summed E-state index contributed by atoms with van der Waals surface area (Å²) in [7, 11) is 0. The lowest BCUT2D eigenvalue weighted by Crippen LogP contribution is -2.04. The molecule has 0 atom stereocenters. The zero-order valence-corrected chi connectivity index (χ0v) is 11.9. The van der Waals surface area contributed by atoms with Gasteiger partial charge < -0.3 is 9.63 Å². The molecule has 6 heteroatoms. The van der Waals surface area contributed by atoms with Gasteiger partial charge in [-0.3, -0.25) is 0 Å². The zero-order chi connectivity index (χ0) is 15.0. The molecule has 1 heterocycles. The molecule has 0 spiro atoms. The minimum Gasteiger partial charge on any atom is -0.477 e. The predicted molar refractivity (Wildman–Crippen MR) is 75.1 cm³/mol. The Morgan fingerprint density at radius 2 is 2.10 bits per heavy atom. The van der Waals surface area contributed by atoms with Crippen molar-refractivity contribution in [1.29, 1.82) is 0 Å². The number of hydrogen-bond acceptors (Lipinski definition) is 3. The van der Waals surface area contributed by atoms with Crippen molar-refractivity contribution in [2.75, 3.05) is 0 Å². The van der Waals surface area contributed by atoms with E-state index < -0.39 is 11.8 Å². The van der Waals surface area contributed by atoms with Crippen LogP contribution in [0.15, 0.2) is 22.7 Å². The summed E-state index contributed by atoms with van der Waals surface area (Å²) in [5.41, 5.74) is 0.000337. The first-order valence-electron chi connectivity index (χ1n) is 6.77. The average Bonchev–Trinajstić information content (AvgIpc) is 3.09. The van der Waals surface area contributed by atoms with Crippen molar-refractivity contribution in [1.82, 2.24) is 5.16 Å². The first kappa shape index (κ1) is 14.1. The predicted octanol–water partition coefficient (Wildman–Crippen LogP) is 4.49. The van der Waals surface area contributed by atoms with E-state index in [9.17, 15) is 14.3 Å². The van der Waals surface area contributed by atoms with Gasteiger partial charge in [0, 0.05) is 11.5 Å². The Hall–Kier alpha value is -1.88. The van der Waals surface area contributed by atoms with E-state index in [1.165, 1.54) is 12.1 Å².